The maximum absolute atomic E-state index is 12.5. The summed E-state index contributed by atoms with van der Waals surface area (Å²) in [5.74, 6) is -0.0134. The molecule has 7 heteroatoms. The molecule has 1 aromatic heterocycles. The van der Waals surface area contributed by atoms with E-state index in [-0.39, 0.29) is 10.8 Å². The van der Waals surface area contributed by atoms with Gasteiger partial charge in [0, 0.05) is 16.8 Å². The van der Waals surface area contributed by atoms with Crippen molar-refractivity contribution in [3.63, 3.8) is 0 Å². The van der Waals surface area contributed by atoms with Gasteiger partial charge in [0.2, 0.25) is 10.0 Å². The normalized spacial score (nSPS) is 14.6. The van der Waals surface area contributed by atoms with Gasteiger partial charge < -0.3 is 5.32 Å². The minimum atomic E-state index is -3.66. The van der Waals surface area contributed by atoms with Crippen LogP contribution in [0.15, 0.2) is 34.5 Å². The van der Waals surface area contributed by atoms with Gasteiger partial charge in [-0.05, 0) is 55.4 Å². The van der Waals surface area contributed by atoms with Crippen molar-refractivity contribution < 1.29 is 13.2 Å². The maximum atomic E-state index is 12.5. The van der Waals surface area contributed by atoms with E-state index in [2.05, 4.69) is 5.32 Å². The summed E-state index contributed by atoms with van der Waals surface area (Å²) in [7, 11) is -3.66. The number of fused-ring (bicyclic) bond motifs is 1. The van der Waals surface area contributed by atoms with Gasteiger partial charge in [-0.2, -0.15) is 0 Å². The molecular weight excluding hydrogens is 356 g/mol. The lowest BCUT2D eigenvalue weighted by Gasteiger charge is -2.07. The zero-order valence-corrected chi connectivity index (χ0v) is 15.6. The third-order valence-corrected chi connectivity index (χ3v) is 6.52. The van der Waals surface area contributed by atoms with Crippen LogP contribution >= 0.6 is 11.3 Å². The molecule has 1 aliphatic carbocycles. The molecule has 0 saturated carbocycles. The average Bonchev–Trinajstić information content (AvgIpc) is 2.83. The number of nitrogens with one attached hydrogen (secondary N) is 1. The standard InChI is InChI=1S/C18H22N2O3S2/c19-25(22,23)14-8-6-13(7-9-14)10-11-20-18(21)16-12-24-17-5-3-1-2-4-15(16)17/h6-9,12H,1-5,10-11H2,(H,20,21)(H2,19,22,23). The van der Waals surface area contributed by atoms with Gasteiger partial charge >= 0.3 is 0 Å². The molecule has 0 radical (unpaired) electrons. The van der Waals surface area contributed by atoms with Crippen molar-refractivity contribution in [2.75, 3.05) is 6.54 Å². The lowest BCUT2D eigenvalue weighted by molar-refractivity contribution is 0.0953. The number of aryl methyl sites for hydroxylation is 1. The van der Waals surface area contributed by atoms with Gasteiger partial charge in [-0.15, -0.1) is 11.3 Å². The molecule has 0 bridgehead atoms. The molecule has 25 heavy (non-hydrogen) atoms. The van der Waals surface area contributed by atoms with E-state index in [1.165, 1.54) is 35.4 Å². The molecule has 5 nitrogen and oxygen atoms in total. The second-order valence-electron chi connectivity index (χ2n) is 6.31. The Morgan fingerprint density at radius 1 is 1.12 bits per heavy atom. The van der Waals surface area contributed by atoms with Crippen molar-refractivity contribution in [3.05, 3.63) is 51.2 Å². The van der Waals surface area contributed by atoms with Gasteiger partial charge in [-0.1, -0.05) is 18.6 Å². The Morgan fingerprint density at radius 3 is 2.56 bits per heavy atom. The molecule has 1 heterocycles. The number of thiophene rings is 1. The summed E-state index contributed by atoms with van der Waals surface area (Å²) in [5.41, 5.74) is 3.01. The molecular formula is C18H22N2O3S2. The molecule has 3 N–H and O–H groups in total. The van der Waals surface area contributed by atoms with Crippen LogP contribution in [-0.4, -0.2) is 20.9 Å². The molecule has 2 aromatic rings. The Morgan fingerprint density at radius 2 is 1.84 bits per heavy atom. The zero-order chi connectivity index (χ0) is 17.9. The summed E-state index contributed by atoms with van der Waals surface area (Å²) in [5, 5.41) is 10.0. The predicted octanol–water partition coefficient (Wildman–Crippen LogP) is 2.64. The van der Waals surface area contributed by atoms with E-state index < -0.39 is 10.0 Å². The lowest BCUT2D eigenvalue weighted by atomic mass is 10.1. The Balaban J connectivity index is 1.57. The zero-order valence-electron chi connectivity index (χ0n) is 14.0. The average molecular weight is 379 g/mol. The third-order valence-electron chi connectivity index (χ3n) is 4.51. The van der Waals surface area contributed by atoms with Gasteiger partial charge in [-0.25, -0.2) is 13.6 Å². The van der Waals surface area contributed by atoms with Gasteiger partial charge in [0.05, 0.1) is 10.5 Å². The van der Waals surface area contributed by atoms with Crippen molar-refractivity contribution in [3.8, 4) is 0 Å². The van der Waals surface area contributed by atoms with Crippen molar-refractivity contribution in [1.29, 1.82) is 0 Å². The summed E-state index contributed by atoms with van der Waals surface area (Å²) < 4.78 is 22.5. The van der Waals surface area contributed by atoms with Crippen LogP contribution in [-0.2, 0) is 29.3 Å². The molecule has 1 aliphatic rings. The number of hydrogen-bond donors (Lipinski definition) is 2. The molecule has 0 spiro atoms. The Hall–Kier alpha value is -1.70. The van der Waals surface area contributed by atoms with E-state index in [1.807, 2.05) is 5.38 Å². The Labute approximate surface area is 152 Å². The van der Waals surface area contributed by atoms with Crippen molar-refractivity contribution in [2.24, 2.45) is 5.14 Å². The van der Waals surface area contributed by atoms with E-state index in [1.54, 1.807) is 23.5 Å². The maximum Gasteiger partial charge on any atom is 0.252 e. The van der Waals surface area contributed by atoms with Gasteiger partial charge in [0.1, 0.15) is 0 Å². The highest BCUT2D eigenvalue weighted by Crippen LogP contribution is 2.29. The summed E-state index contributed by atoms with van der Waals surface area (Å²) in [4.78, 5) is 13.9. The molecule has 0 aliphatic heterocycles. The SMILES string of the molecule is NS(=O)(=O)c1ccc(CCNC(=O)c2csc3c2CCCCC3)cc1. The fourth-order valence-electron chi connectivity index (χ4n) is 3.12. The second-order valence-corrected chi connectivity index (χ2v) is 8.83. The van der Waals surface area contributed by atoms with Gasteiger partial charge in [-0.3, -0.25) is 4.79 Å². The Bertz CT molecular complexity index is 855. The highest BCUT2D eigenvalue weighted by Gasteiger charge is 2.18. The number of carbonyl (C=O) groups is 1. The fraction of sp³-hybridized carbons (Fsp3) is 0.389. The van der Waals surface area contributed by atoms with Gasteiger partial charge in [0.25, 0.3) is 5.91 Å². The second kappa shape index (κ2) is 7.68. The first-order chi connectivity index (χ1) is 11.9. The molecule has 1 amide bonds. The third kappa shape index (κ3) is 4.48. The molecule has 0 saturated heterocycles. The quantitative estimate of drug-likeness (QED) is 0.784. The number of amides is 1. The largest absolute Gasteiger partial charge is 0.352 e. The molecule has 0 atom stereocenters. The number of carbonyl (C=O) groups excluding carboxylic acids is 1. The Kier molecular flexibility index (Phi) is 5.56. The fourth-order valence-corrected chi connectivity index (χ4v) is 4.76. The van der Waals surface area contributed by atoms with Crippen LogP contribution in [0.2, 0.25) is 0 Å². The molecule has 134 valence electrons. The lowest BCUT2D eigenvalue weighted by Crippen LogP contribution is -2.26. The van der Waals surface area contributed by atoms with Crippen molar-refractivity contribution >= 4 is 27.3 Å². The van der Waals surface area contributed by atoms with Crippen LogP contribution in [0.3, 0.4) is 0 Å². The number of benzene rings is 1. The van der Waals surface area contributed by atoms with E-state index in [4.69, 9.17) is 5.14 Å². The van der Waals surface area contributed by atoms with Crippen molar-refractivity contribution in [1.82, 2.24) is 5.32 Å². The van der Waals surface area contributed by atoms with Crippen LogP contribution in [0.5, 0.6) is 0 Å². The minimum absolute atomic E-state index is 0.0134. The highest BCUT2D eigenvalue weighted by molar-refractivity contribution is 7.89. The van der Waals surface area contributed by atoms with E-state index in [0.29, 0.717) is 13.0 Å². The predicted molar refractivity (Wildman–Crippen MR) is 99.4 cm³/mol. The van der Waals surface area contributed by atoms with Crippen LogP contribution in [0.4, 0.5) is 0 Å². The van der Waals surface area contributed by atoms with E-state index >= 15 is 0 Å². The number of rotatable bonds is 5. The monoisotopic (exact) mass is 378 g/mol. The summed E-state index contributed by atoms with van der Waals surface area (Å²) >= 11 is 1.70. The molecule has 1 aromatic carbocycles. The first-order valence-electron chi connectivity index (χ1n) is 8.44. The van der Waals surface area contributed by atoms with Crippen molar-refractivity contribution in [2.45, 2.75) is 43.4 Å². The molecule has 3 rings (SSSR count). The van der Waals surface area contributed by atoms with Crippen LogP contribution < -0.4 is 10.5 Å². The summed E-state index contributed by atoms with van der Waals surface area (Å²) in [6.07, 6.45) is 6.32. The number of hydrogen-bond acceptors (Lipinski definition) is 4. The minimum Gasteiger partial charge on any atom is -0.352 e. The number of primary sulfonamides is 1. The summed E-state index contributed by atoms with van der Waals surface area (Å²) in [6.45, 7) is 0.512. The highest BCUT2D eigenvalue weighted by atomic mass is 32.2. The van der Waals surface area contributed by atoms with E-state index in [9.17, 15) is 13.2 Å². The van der Waals surface area contributed by atoms with Crippen LogP contribution in [0, 0.1) is 0 Å². The first-order valence-corrected chi connectivity index (χ1v) is 10.9. The topological polar surface area (TPSA) is 89.3 Å². The first kappa shape index (κ1) is 18.1. The number of sulfonamides is 1. The molecule has 0 fully saturated rings. The van der Waals surface area contributed by atoms with Crippen LogP contribution in [0.25, 0.3) is 0 Å². The smallest absolute Gasteiger partial charge is 0.252 e. The summed E-state index contributed by atoms with van der Waals surface area (Å²) in [6, 6.07) is 6.43. The number of nitrogens with two attached hydrogens (primary N) is 1. The van der Waals surface area contributed by atoms with Gasteiger partial charge in [0.15, 0.2) is 0 Å². The molecule has 0 unspecified atom stereocenters. The van der Waals surface area contributed by atoms with Crippen LogP contribution in [0.1, 0.15) is 45.6 Å². The van der Waals surface area contributed by atoms with E-state index in [0.717, 1.165) is 30.4 Å².